The molecule has 1 aromatic heterocycles. The zero-order chi connectivity index (χ0) is 25.6. The van der Waals surface area contributed by atoms with Gasteiger partial charge in [0.25, 0.3) is 0 Å². The van der Waals surface area contributed by atoms with Gasteiger partial charge in [-0.15, -0.1) is 0 Å². The van der Waals surface area contributed by atoms with Crippen LogP contribution in [0, 0.1) is 11.8 Å². The van der Waals surface area contributed by atoms with Crippen LogP contribution in [0.4, 0.5) is 24.7 Å². The molecular weight excluding hydrogens is 477 g/mol. The highest BCUT2D eigenvalue weighted by Crippen LogP contribution is 2.38. The number of hydrogen-bond acceptors (Lipinski definition) is 4. The minimum absolute atomic E-state index is 0.0494. The molecule has 2 N–H and O–H groups in total. The minimum atomic E-state index is -4.34. The van der Waals surface area contributed by atoms with Crippen LogP contribution >= 0.6 is 0 Å². The van der Waals surface area contributed by atoms with E-state index in [0.29, 0.717) is 25.4 Å². The van der Waals surface area contributed by atoms with E-state index in [1.807, 2.05) is 18.2 Å². The molecule has 4 aliphatic rings. The third-order valence-electron chi connectivity index (χ3n) is 8.37. The first-order chi connectivity index (χ1) is 17.8. The van der Waals surface area contributed by atoms with Crippen molar-refractivity contribution in [2.24, 2.45) is 11.8 Å². The molecule has 7 rings (SSSR count). The van der Waals surface area contributed by atoms with Gasteiger partial charge in [0.15, 0.2) is 0 Å². The summed E-state index contributed by atoms with van der Waals surface area (Å²) in [5, 5.41) is 7.37. The van der Waals surface area contributed by atoms with Crippen LogP contribution in [0.2, 0.25) is 0 Å². The topological polar surface area (TPSA) is 57.3 Å². The SMILES string of the molecule is O=C(Nc1ccc2nc(N3CC4CCC3CC4)ccc2c1)[C@@H]1CC[C@H](c2ccc(C(F)(F)F)cc2)NC1. The molecule has 0 radical (unpaired) electrons. The average molecular weight is 509 g/mol. The Morgan fingerprint density at radius 1 is 0.946 bits per heavy atom. The van der Waals surface area contributed by atoms with Gasteiger partial charge in [0.1, 0.15) is 5.82 Å². The molecule has 194 valence electrons. The Hall–Kier alpha value is -3.13. The van der Waals surface area contributed by atoms with E-state index in [9.17, 15) is 18.0 Å². The molecule has 1 amide bonds. The van der Waals surface area contributed by atoms with E-state index >= 15 is 0 Å². The quantitative estimate of drug-likeness (QED) is 0.434. The van der Waals surface area contributed by atoms with Gasteiger partial charge >= 0.3 is 6.18 Å². The normalized spacial score (nSPS) is 25.9. The number of aromatic nitrogens is 1. The van der Waals surface area contributed by atoms with Gasteiger partial charge in [0.05, 0.1) is 17.0 Å². The summed E-state index contributed by atoms with van der Waals surface area (Å²) in [5.41, 5.74) is 1.83. The number of nitrogens with one attached hydrogen (secondary N) is 2. The van der Waals surface area contributed by atoms with E-state index in [0.717, 1.165) is 52.6 Å². The fraction of sp³-hybridized carbons (Fsp3) is 0.448. The number of rotatable bonds is 4. The Labute approximate surface area is 214 Å². The maximum atomic E-state index is 12.9. The van der Waals surface area contributed by atoms with Crippen LogP contribution in [0.15, 0.2) is 54.6 Å². The molecule has 2 bridgehead atoms. The first-order valence-electron chi connectivity index (χ1n) is 13.2. The second kappa shape index (κ2) is 9.63. The van der Waals surface area contributed by atoms with Crippen LogP contribution in [-0.4, -0.2) is 30.0 Å². The number of halogens is 3. The summed E-state index contributed by atoms with van der Waals surface area (Å²) in [5.74, 6) is 1.59. The second-order valence-electron chi connectivity index (χ2n) is 10.7. The fourth-order valence-electron chi connectivity index (χ4n) is 6.21. The van der Waals surface area contributed by atoms with Crippen molar-refractivity contribution in [3.63, 3.8) is 0 Å². The van der Waals surface area contributed by atoms with Gasteiger partial charge in [-0.05, 0) is 92.5 Å². The standard InChI is InChI=1S/C29H31F3N4O/c30-29(31,32)22-7-3-19(4-8-22)25-12-5-21(16-33-25)28(37)34-23-9-13-26-20(15-23)6-14-27(35-26)36-17-18-1-10-24(36)11-2-18/h3-4,6-9,13-15,18,21,24-25,33H,1-2,5,10-12,16-17H2,(H,34,37)/t18?,21-,24?,25-/m1/s1. The van der Waals surface area contributed by atoms with Gasteiger partial charge in [0, 0.05) is 36.2 Å². The summed E-state index contributed by atoms with van der Waals surface area (Å²) in [6, 6.07) is 15.8. The Bertz CT molecular complexity index is 1280. The van der Waals surface area contributed by atoms with Gasteiger partial charge in [0.2, 0.25) is 5.91 Å². The average Bonchev–Trinajstić information content (AvgIpc) is 2.93. The van der Waals surface area contributed by atoms with Crippen molar-refractivity contribution >= 4 is 28.3 Å². The number of nitrogens with zero attached hydrogens (tertiary/aromatic N) is 2. The lowest BCUT2D eigenvalue weighted by molar-refractivity contribution is -0.137. The summed E-state index contributed by atoms with van der Waals surface area (Å²) in [6.45, 7) is 1.58. The summed E-state index contributed by atoms with van der Waals surface area (Å²) >= 11 is 0. The van der Waals surface area contributed by atoms with Crippen LogP contribution in [-0.2, 0) is 11.0 Å². The Morgan fingerprint density at radius 2 is 1.73 bits per heavy atom. The molecule has 0 unspecified atom stereocenters. The van der Waals surface area contributed by atoms with Gasteiger partial charge < -0.3 is 15.5 Å². The van der Waals surface area contributed by atoms with Crippen LogP contribution < -0.4 is 15.5 Å². The zero-order valence-corrected chi connectivity index (χ0v) is 20.6. The van der Waals surface area contributed by atoms with Crippen LogP contribution in [0.25, 0.3) is 10.9 Å². The number of alkyl halides is 3. The van der Waals surface area contributed by atoms with E-state index < -0.39 is 11.7 Å². The van der Waals surface area contributed by atoms with Crippen LogP contribution in [0.5, 0.6) is 0 Å². The first kappa shape index (κ1) is 24.2. The van der Waals surface area contributed by atoms with Crippen LogP contribution in [0.1, 0.15) is 55.7 Å². The number of hydrogen-bond donors (Lipinski definition) is 2. The molecule has 4 heterocycles. The van der Waals surface area contributed by atoms with Crippen molar-refractivity contribution in [2.75, 3.05) is 23.3 Å². The molecule has 4 fully saturated rings. The molecule has 1 saturated carbocycles. The van der Waals surface area contributed by atoms with Crippen molar-refractivity contribution in [1.82, 2.24) is 10.3 Å². The molecule has 5 nitrogen and oxygen atoms in total. The maximum Gasteiger partial charge on any atom is 0.416 e. The fourth-order valence-corrected chi connectivity index (χ4v) is 6.21. The third-order valence-corrected chi connectivity index (χ3v) is 8.37. The molecule has 8 heteroatoms. The largest absolute Gasteiger partial charge is 0.416 e. The summed E-state index contributed by atoms with van der Waals surface area (Å²) < 4.78 is 38.5. The van der Waals surface area contributed by atoms with E-state index in [4.69, 9.17) is 4.98 Å². The van der Waals surface area contributed by atoms with Gasteiger partial charge in [-0.2, -0.15) is 13.2 Å². The smallest absolute Gasteiger partial charge is 0.353 e. The highest BCUT2D eigenvalue weighted by molar-refractivity contribution is 5.95. The predicted molar refractivity (Wildman–Crippen MR) is 138 cm³/mol. The van der Waals surface area contributed by atoms with Gasteiger partial charge in [-0.3, -0.25) is 4.79 Å². The highest BCUT2D eigenvalue weighted by Gasteiger charge is 2.34. The first-order valence-corrected chi connectivity index (χ1v) is 13.2. The number of fused-ring (bicyclic) bond motifs is 4. The molecule has 0 spiro atoms. The molecule has 3 aliphatic heterocycles. The van der Waals surface area contributed by atoms with Gasteiger partial charge in [-0.25, -0.2) is 4.98 Å². The predicted octanol–water partition coefficient (Wildman–Crippen LogP) is 6.31. The maximum absolute atomic E-state index is 12.9. The monoisotopic (exact) mass is 508 g/mol. The van der Waals surface area contributed by atoms with Crippen molar-refractivity contribution in [3.05, 3.63) is 65.7 Å². The Kier molecular flexibility index (Phi) is 6.31. The number of amides is 1. The number of piperidine rings is 3. The lowest BCUT2D eigenvalue weighted by Gasteiger charge is -2.46. The molecule has 1 aliphatic carbocycles. The molecule has 2 atom stereocenters. The lowest BCUT2D eigenvalue weighted by atomic mass is 9.80. The lowest BCUT2D eigenvalue weighted by Crippen LogP contribution is -2.48. The van der Waals surface area contributed by atoms with E-state index in [1.165, 1.54) is 37.8 Å². The Balaban J connectivity index is 1.06. The van der Waals surface area contributed by atoms with Crippen molar-refractivity contribution in [3.8, 4) is 0 Å². The molecule has 3 aromatic rings. The molecule has 37 heavy (non-hydrogen) atoms. The van der Waals surface area contributed by atoms with Gasteiger partial charge in [-0.1, -0.05) is 12.1 Å². The second-order valence-corrected chi connectivity index (χ2v) is 10.7. The molecule has 3 saturated heterocycles. The van der Waals surface area contributed by atoms with Crippen molar-refractivity contribution < 1.29 is 18.0 Å². The molecule has 2 aromatic carbocycles. The third kappa shape index (κ3) is 5.04. The van der Waals surface area contributed by atoms with E-state index in [1.54, 1.807) is 0 Å². The van der Waals surface area contributed by atoms with Crippen LogP contribution in [0.3, 0.4) is 0 Å². The summed E-state index contributed by atoms with van der Waals surface area (Å²) in [7, 11) is 0. The minimum Gasteiger partial charge on any atom is -0.353 e. The van der Waals surface area contributed by atoms with Crippen molar-refractivity contribution in [1.29, 1.82) is 0 Å². The number of carbonyl (C=O) groups is 1. The summed E-state index contributed by atoms with van der Waals surface area (Å²) in [6.07, 6.45) is 2.21. The number of carbonyl (C=O) groups excluding carboxylic acids is 1. The molecular formula is C29H31F3N4O. The zero-order valence-electron chi connectivity index (χ0n) is 20.6. The van der Waals surface area contributed by atoms with E-state index in [-0.39, 0.29) is 17.9 Å². The highest BCUT2D eigenvalue weighted by atomic mass is 19.4. The number of benzene rings is 2. The summed E-state index contributed by atoms with van der Waals surface area (Å²) in [4.78, 5) is 20.3. The van der Waals surface area contributed by atoms with E-state index in [2.05, 4.69) is 27.7 Å². The number of pyridine rings is 1. The number of anilines is 2. The van der Waals surface area contributed by atoms with Crippen molar-refractivity contribution in [2.45, 2.75) is 56.8 Å². The Morgan fingerprint density at radius 3 is 2.38 bits per heavy atom.